The Labute approximate surface area is 126 Å². The molecule has 1 aromatic carbocycles. The molecule has 21 heavy (non-hydrogen) atoms. The molecule has 0 aliphatic heterocycles. The number of aromatic nitrogens is 1. The summed E-state index contributed by atoms with van der Waals surface area (Å²) in [4.78, 5) is 26.8. The van der Waals surface area contributed by atoms with Gasteiger partial charge in [0.15, 0.2) is 0 Å². The number of nitrogens with one attached hydrogen (secondary N) is 1. The predicted molar refractivity (Wildman–Crippen MR) is 81.1 cm³/mol. The number of carboxylic acid groups (broad SMARTS) is 1. The van der Waals surface area contributed by atoms with Crippen molar-refractivity contribution in [1.29, 1.82) is 0 Å². The van der Waals surface area contributed by atoms with Crippen molar-refractivity contribution in [3.05, 3.63) is 57.6 Å². The Morgan fingerprint density at radius 2 is 2.24 bits per heavy atom. The molecule has 2 N–H and O–H groups in total. The molecule has 0 aliphatic rings. The molecule has 2 aromatic rings. The number of rotatable bonds is 5. The van der Waals surface area contributed by atoms with Crippen LogP contribution in [0.25, 0.3) is 6.08 Å². The Morgan fingerprint density at radius 3 is 2.90 bits per heavy atom. The molecule has 1 amide bonds. The Bertz CT molecular complexity index is 678. The molecule has 0 aliphatic carbocycles. The third-order valence-electron chi connectivity index (χ3n) is 2.91. The van der Waals surface area contributed by atoms with Crippen molar-refractivity contribution in [3.8, 4) is 0 Å². The van der Waals surface area contributed by atoms with Gasteiger partial charge in [-0.15, -0.1) is 11.3 Å². The monoisotopic (exact) mass is 302 g/mol. The maximum absolute atomic E-state index is 12.2. The predicted octanol–water partition coefficient (Wildman–Crippen LogP) is 2.48. The molecule has 0 atom stereocenters. The zero-order valence-corrected chi connectivity index (χ0v) is 12.2. The standard InChI is InChI=1S/C15H14N2O3S/c1-10-11(5-6-14(18)19)3-2-4-12(10)15(20)17-9-13-16-7-8-21-13/h2-8H,9H2,1H3,(H,17,20)(H,18,19). The number of thiazole rings is 1. The lowest BCUT2D eigenvalue weighted by Gasteiger charge is -2.08. The fraction of sp³-hybridized carbons (Fsp3) is 0.133. The van der Waals surface area contributed by atoms with Gasteiger partial charge in [-0.05, 0) is 30.2 Å². The van der Waals surface area contributed by atoms with Gasteiger partial charge in [-0.25, -0.2) is 9.78 Å². The number of benzene rings is 1. The molecule has 1 heterocycles. The highest BCUT2D eigenvalue weighted by Crippen LogP contribution is 2.15. The number of carbonyl (C=O) groups excluding carboxylic acids is 1. The van der Waals surface area contributed by atoms with Gasteiger partial charge in [0.05, 0.1) is 6.54 Å². The highest BCUT2D eigenvalue weighted by molar-refractivity contribution is 7.09. The lowest BCUT2D eigenvalue weighted by molar-refractivity contribution is -0.131. The quantitative estimate of drug-likeness (QED) is 0.832. The lowest BCUT2D eigenvalue weighted by atomic mass is 10.0. The summed E-state index contributed by atoms with van der Waals surface area (Å²) in [6, 6.07) is 5.21. The van der Waals surface area contributed by atoms with Gasteiger partial charge in [-0.3, -0.25) is 4.79 Å². The molecule has 0 radical (unpaired) electrons. The van der Waals surface area contributed by atoms with Crippen molar-refractivity contribution in [3.63, 3.8) is 0 Å². The molecule has 2 rings (SSSR count). The van der Waals surface area contributed by atoms with E-state index in [1.54, 1.807) is 31.3 Å². The summed E-state index contributed by atoms with van der Waals surface area (Å²) >= 11 is 1.48. The van der Waals surface area contributed by atoms with Crippen molar-refractivity contribution in [2.75, 3.05) is 0 Å². The molecule has 0 bridgehead atoms. The zero-order valence-electron chi connectivity index (χ0n) is 11.4. The van der Waals surface area contributed by atoms with Gasteiger partial charge in [-0.2, -0.15) is 0 Å². The van der Waals surface area contributed by atoms with Crippen LogP contribution in [0.2, 0.25) is 0 Å². The molecule has 0 saturated carbocycles. The van der Waals surface area contributed by atoms with E-state index in [4.69, 9.17) is 5.11 Å². The van der Waals surface area contributed by atoms with Crippen LogP contribution in [-0.2, 0) is 11.3 Å². The summed E-state index contributed by atoms with van der Waals surface area (Å²) in [5.74, 6) is -1.22. The molecule has 0 fully saturated rings. The van der Waals surface area contributed by atoms with Crippen molar-refractivity contribution in [2.45, 2.75) is 13.5 Å². The van der Waals surface area contributed by atoms with Gasteiger partial charge in [0.25, 0.3) is 5.91 Å². The van der Waals surface area contributed by atoms with Crippen molar-refractivity contribution >= 4 is 29.3 Å². The van der Waals surface area contributed by atoms with E-state index >= 15 is 0 Å². The minimum atomic E-state index is -1.02. The second kappa shape index (κ2) is 6.81. The maximum Gasteiger partial charge on any atom is 0.328 e. The zero-order chi connectivity index (χ0) is 15.2. The van der Waals surface area contributed by atoms with Crippen molar-refractivity contribution in [1.82, 2.24) is 10.3 Å². The third kappa shape index (κ3) is 4.00. The Kier molecular flexibility index (Phi) is 4.84. The van der Waals surface area contributed by atoms with E-state index in [9.17, 15) is 9.59 Å². The first-order valence-corrected chi connectivity index (χ1v) is 7.13. The summed E-state index contributed by atoms with van der Waals surface area (Å²) in [5.41, 5.74) is 1.98. The van der Waals surface area contributed by atoms with E-state index < -0.39 is 5.97 Å². The first-order chi connectivity index (χ1) is 10.1. The normalized spacial score (nSPS) is 10.7. The second-order valence-electron chi connectivity index (χ2n) is 4.30. The highest BCUT2D eigenvalue weighted by Gasteiger charge is 2.11. The summed E-state index contributed by atoms with van der Waals surface area (Å²) in [7, 11) is 0. The summed E-state index contributed by atoms with van der Waals surface area (Å²) in [5, 5.41) is 14.2. The molecule has 5 nitrogen and oxygen atoms in total. The van der Waals surface area contributed by atoms with Crippen molar-refractivity contribution < 1.29 is 14.7 Å². The number of carboxylic acids is 1. The van der Waals surface area contributed by atoms with Crippen LogP contribution < -0.4 is 5.32 Å². The van der Waals surface area contributed by atoms with E-state index in [-0.39, 0.29) is 5.91 Å². The average Bonchev–Trinajstić information content (AvgIpc) is 2.97. The van der Waals surface area contributed by atoms with Crippen molar-refractivity contribution in [2.24, 2.45) is 0 Å². The van der Waals surface area contributed by atoms with Gasteiger partial charge in [0, 0.05) is 23.2 Å². The number of aliphatic carboxylic acids is 1. The van der Waals surface area contributed by atoms with Crippen LogP contribution >= 0.6 is 11.3 Å². The Morgan fingerprint density at radius 1 is 1.43 bits per heavy atom. The first-order valence-electron chi connectivity index (χ1n) is 6.25. The molecular weight excluding hydrogens is 288 g/mol. The van der Waals surface area contributed by atoms with Crippen LogP contribution in [0, 0.1) is 6.92 Å². The smallest absolute Gasteiger partial charge is 0.328 e. The van der Waals surface area contributed by atoms with E-state index in [0.29, 0.717) is 17.7 Å². The summed E-state index contributed by atoms with van der Waals surface area (Å²) in [6.45, 7) is 2.17. The molecule has 1 aromatic heterocycles. The number of amides is 1. The van der Waals surface area contributed by atoms with Gasteiger partial charge >= 0.3 is 5.97 Å². The lowest BCUT2D eigenvalue weighted by Crippen LogP contribution is -2.23. The van der Waals surface area contributed by atoms with Crippen LogP contribution in [0.5, 0.6) is 0 Å². The molecule has 108 valence electrons. The maximum atomic E-state index is 12.2. The third-order valence-corrected chi connectivity index (χ3v) is 3.69. The molecule has 0 saturated heterocycles. The van der Waals surface area contributed by atoms with Crippen LogP contribution in [-0.4, -0.2) is 22.0 Å². The van der Waals surface area contributed by atoms with E-state index in [2.05, 4.69) is 10.3 Å². The largest absolute Gasteiger partial charge is 0.478 e. The number of hydrogen-bond acceptors (Lipinski definition) is 4. The van der Waals surface area contributed by atoms with E-state index in [0.717, 1.165) is 16.6 Å². The average molecular weight is 302 g/mol. The Hall–Kier alpha value is -2.47. The van der Waals surface area contributed by atoms with Crippen LogP contribution in [0.3, 0.4) is 0 Å². The fourth-order valence-corrected chi connectivity index (χ4v) is 2.39. The Balaban J connectivity index is 2.13. The molecule has 6 heteroatoms. The van der Waals surface area contributed by atoms with Gasteiger partial charge in [-0.1, -0.05) is 12.1 Å². The summed E-state index contributed by atoms with van der Waals surface area (Å²) in [6.07, 6.45) is 4.23. The van der Waals surface area contributed by atoms with Gasteiger partial charge in [0.1, 0.15) is 5.01 Å². The van der Waals surface area contributed by atoms with Crippen LogP contribution in [0.4, 0.5) is 0 Å². The highest BCUT2D eigenvalue weighted by atomic mass is 32.1. The molecular formula is C15H14N2O3S. The minimum absolute atomic E-state index is 0.201. The first kappa shape index (κ1) is 14.9. The summed E-state index contributed by atoms with van der Waals surface area (Å²) < 4.78 is 0. The molecule has 0 spiro atoms. The number of hydrogen-bond donors (Lipinski definition) is 2. The van der Waals surface area contributed by atoms with E-state index in [1.807, 2.05) is 5.38 Å². The van der Waals surface area contributed by atoms with Gasteiger partial charge in [0.2, 0.25) is 0 Å². The van der Waals surface area contributed by atoms with Gasteiger partial charge < -0.3 is 10.4 Å². The minimum Gasteiger partial charge on any atom is -0.478 e. The second-order valence-corrected chi connectivity index (χ2v) is 5.28. The topological polar surface area (TPSA) is 79.3 Å². The van der Waals surface area contributed by atoms with E-state index in [1.165, 1.54) is 17.4 Å². The fourth-order valence-electron chi connectivity index (χ4n) is 1.83. The number of nitrogens with zero attached hydrogens (tertiary/aromatic N) is 1. The number of carbonyl (C=O) groups is 2. The molecule has 0 unspecified atom stereocenters. The SMILES string of the molecule is Cc1c(C=CC(=O)O)cccc1C(=O)NCc1nccs1. The van der Waals surface area contributed by atoms with Crippen LogP contribution in [0.15, 0.2) is 35.9 Å². The van der Waals surface area contributed by atoms with Crippen LogP contribution in [0.1, 0.15) is 26.5 Å².